The van der Waals surface area contributed by atoms with E-state index in [0.29, 0.717) is 12.1 Å². The van der Waals surface area contributed by atoms with Crippen molar-refractivity contribution in [3.63, 3.8) is 0 Å². The average molecular weight is 290 g/mol. The van der Waals surface area contributed by atoms with Gasteiger partial charge in [0.1, 0.15) is 5.78 Å². The molecule has 2 rings (SSSR count). The van der Waals surface area contributed by atoms with Gasteiger partial charge in [0, 0.05) is 29.7 Å². The lowest BCUT2D eigenvalue weighted by Gasteiger charge is -2.33. The standard InChI is InChI=1S/C15H24N2.C3H6O/c1-11(16-5)12(2)17-10-15(3,4)13-8-6-7-9-14(13)17;1-3(2)4/h6-9,11-12,16H,10H2,1-5H3;1-2H3. The van der Waals surface area contributed by atoms with Crippen LogP contribution in [0.5, 0.6) is 0 Å². The Morgan fingerprint density at radius 1 is 1.24 bits per heavy atom. The fourth-order valence-corrected chi connectivity index (χ4v) is 2.77. The molecule has 0 saturated heterocycles. The van der Waals surface area contributed by atoms with Gasteiger partial charge in [-0.15, -0.1) is 0 Å². The minimum absolute atomic E-state index is 0.167. The van der Waals surface area contributed by atoms with Gasteiger partial charge in [0.05, 0.1) is 0 Å². The van der Waals surface area contributed by atoms with Crippen molar-refractivity contribution in [3.8, 4) is 0 Å². The number of nitrogens with zero attached hydrogens (tertiary/aromatic N) is 1. The van der Waals surface area contributed by atoms with Crippen LogP contribution >= 0.6 is 0 Å². The van der Waals surface area contributed by atoms with Crippen LogP contribution in [0.1, 0.15) is 47.1 Å². The molecule has 1 aliphatic rings. The Balaban J connectivity index is 0.000000491. The van der Waals surface area contributed by atoms with E-state index >= 15 is 0 Å². The van der Waals surface area contributed by atoms with Gasteiger partial charge in [-0.05, 0) is 46.4 Å². The molecule has 3 heteroatoms. The summed E-state index contributed by atoms with van der Waals surface area (Å²) in [6, 6.07) is 9.83. The Labute approximate surface area is 129 Å². The molecule has 0 spiro atoms. The summed E-state index contributed by atoms with van der Waals surface area (Å²) >= 11 is 0. The Kier molecular flexibility index (Phi) is 5.97. The molecule has 1 aliphatic heterocycles. The van der Waals surface area contributed by atoms with Crippen molar-refractivity contribution in [2.45, 2.75) is 59.0 Å². The largest absolute Gasteiger partial charge is 0.366 e. The molecule has 1 N–H and O–H groups in total. The molecule has 1 heterocycles. The fraction of sp³-hybridized carbons (Fsp3) is 0.611. The molecular formula is C18H30N2O. The maximum absolute atomic E-state index is 9.44. The van der Waals surface area contributed by atoms with Crippen LogP contribution in [0.4, 0.5) is 5.69 Å². The van der Waals surface area contributed by atoms with Crippen LogP contribution in [0.25, 0.3) is 0 Å². The van der Waals surface area contributed by atoms with Gasteiger partial charge in [-0.3, -0.25) is 0 Å². The third kappa shape index (κ3) is 4.31. The van der Waals surface area contributed by atoms with E-state index in [9.17, 15) is 4.79 Å². The minimum atomic E-state index is 0.167. The number of benzene rings is 1. The van der Waals surface area contributed by atoms with Crippen LogP contribution in [0, 0.1) is 0 Å². The number of anilines is 1. The van der Waals surface area contributed by atoms with Gasteiger partial charge in [0.2, 0.25) is 0 Å². The van der Waals surface area contributed by atoms with Gasteiger partial charge in [-0.1, -0.05) is 32.0 Å². The highest BCUT2D eigenvalue weighted by Crippen LogP contribution is 2.41. The third-order valence-electron chi connectivity index (χ3n) is 4.18. The molecule has 0 bridgehead atoms. The third-order valence-corrected chi connectivity index (χ3v) is 4.18. The van der Waals surface area contributed by atoms with E-state index in [1.54, 1.807) is 0 Å². The number of likely N-dealkylation sites (N-methyl/N-ethyl adjacent to an activating group) is 1. The van der Waals surface area contributed by atoms with Crippen molar-refractivity contribution in [2.75, 3.05) is 18.5 Å². The minimum Gasteiger partial charge on any atom is -0.366 e. The summed E-state index contributed by atoms with van der Waals surface area (Å²) in [4.78, 5) is 12.0. The first-order valence-electron chi connectivity index (χ1n) is 7.71. The van der Waals surface area contributed by atoms with Gasteiger partial charge < -0.3 is 15.0 Å². The summed E-state index contributed by atoms with van der Waals surface area (Å²) in [6.45, 7) is 13.4. The second-order valence-electron chi connectivity index (χ2n) is 6.76. The maximum Gasteiger partial charge on any atom is 0.126 e. The number of carbonyl (C=O) groups excluding carboxylic acids is 1. The number of Topliss-reactive ketones (excluding diaryl/α,β-unsaturated/α-hetero) is 1. The van der Waals surface area contributed by atoms with Gasteiger partial charge >= 0.3 is 0 Å². The van der Waals surface area contributed by atoms with Crippen molar-refractivity contribution in [1.29, 1.82) is 0 Å². The van der Waals surface area contributed by atoms with E-state index in [1.807, 2.05) is 7.05 Å². The molecule has 0 saturated carbocycles. The number of carbonyl (C=O) groups is 1. The molecule has 2 atom stereocenters. The zero-order valence-electron chi connectivity index (χ0n) is 14.5. The van der Waals surface area contributed by atoms with Crippen LogP contribution in [-0.2, 0) is 10.2 Å². The fourth-order valence-electron chi connectivity index (χ4n) is 2.77. The van der Waals surface area contributed by atoms with Gasteiger partial charge in [-0.25, -0.2) is 0 Å². The first-order chi connectivity index (χ1) is 9.70. The highest BCUT2D eigenvalue weighted by Gasteiger charge is 2.37. The quantitative estimate of drug-likeness (QED) is 0.926. The van der Waals surface area contributed by atoms with E-state index < -0.39 is 0 Å². The molecule has 0 radical (unpaired) electrons. The van der Waals surface area contributed by atoms with Crippen molar-refractivity contribution in [1.82, 2.24) is 5.32 Å². The lowest BCUT2D eigenvalue weighted by atomic mass is 9.87. The van der Waals surface area contributed by atoms with Crippen LogP contribution in [0.3, 0.4) is 0 Å². The number of para-hydroxylation sites is 1. The van der Waals surface area contributed by atoms with E-state index in [2.05, 4.69) is 62.2 Å². The van der Waals surface area contributed by atoms with E-state index in [1.165, 1.54) is 25.1 Å². The number of hydrogen-bond donors (Lipinski definition) is 1. The lowest BCUT2D eigenvalue weighted by molar-refractivity contribution is -0.114. The van der Waals surface area contributed by atoms with E-state index in [0.717, 1.165) is 6.54 Å². The predicted octanol–water partition coefficient (Wildman–Crippen LogP) is 3.38. The Morgan fingerprint density at radius 3 is 2.29 bits per heavy atom. The maximum atomic E-state index is 9.44. The molecule has 1 aromatic carbocycles. The predicted molar refractivity (Wildman–Crippen MR) is 91.2 cm³/mol. The smallest absolute Gasteiger partial charge is 0.126 e. The first kappa shape index (κ1) is 17.7. The van der Waals surface area contributed by atoms with E-state index in [4.69, 9.17) is 0 Å². The second kappa shape index (κ2) is 7.08. The first-order valence-corrected chi connectivity index (χ1v) is 7.71. The lowest BCUT2D eigenvalue weighted by Crippen LogP contribution is -2.46. The van der Waals surface area contributed by atoms with Gasteiger partial charge in [0.15, 0.2) is 0 Å². The van der Waals surface area contributed by atoms with Crippen molar-refractivity contribution >= 4 is 11.5 Å². The van der Waals surface area contributed by atoms with Gasteiger partial charge in [0.25, 0.3) is 0 Å². The highest BCUT2D eigenvalue weighted by atomic mass is 16.1. The molecule has 0 aliphatic carbocycles. The van der Waals surface area contributed by atoms with Crippen LogP contribution in [0.2, 0.25) is 0 Å². The summed E-state index contributed by atoms with van der Waals surface area (Å²) in [5.41, 5.74) is 3.15. The Morgan fingerprint density at radius 2 is 1.76 bits per heavy atom. The molecule has 2 unspecified atom stereocenters. The summed E-state index contributed by atoms with van der Waals surface area (Å²) < 4.78 is 0. The number of hydrogen-bond acceptors (Lipinski definition) is 3. The molecule has 3 nitrogen and oxygen atoms in total. The average Bonchev–Trinajstić information content (AvgIpc) is 2.69. The molecule has 21 heavy (non-hydrogen) atoms. The van der Waals surface area contributed by atoms with Crippen molar-refractivity contribution < 1.29 is 4.79 Å². The van der Waals surface area contributed by atoms with Crippen LogP contribution in [-0.4, -0.2) is 31.5 Å². The number of fused-ring (bicyclic) bond motifs is 1. The molecule has 1 aromatic rings. The van der Waals surface area contributed by atoms with E-state index in [-0.39, 0.29) is 11.2 Å². The molecule has 118 valence electrons. The summed E-state index contributed by atoms with van der Waals surface area (Å²) in [5.74, 6) is 0.167. The summed E-state index contributed by atoms with van der Waals surface area (Å²) in [5, 5.41) is 3.36. The Bertz CT molecular complexity index is 478. The molecular weight excluding hydrogens is 260 g/mol. The molecule has 0 amide bonds. The topological polar surface area (TPSA) is 32.3 Å². The number of nitrogens with one attached hydrogen (secondary N) is 1. The monoisotopic (exact) mass is 290 g/mol. The van der Waals surface area contributed by atoms with Crippen molar-refractivity contribution in [3.05, 3.63) is 29.8 Å². The van der Waals surface area contributed by atoms with Gasteiger partial charge in [-0.2, -0.15) is 0 Å². The second-order valence-corrected chi connectivity index (χ2v) is 6.76. The molecule has 0 fully saturated rings. The SMILES string of the molecule is CC(C)=O.CNC(C)C(C)N1CC(C)(C)c2ccccc21. The normalized spacial score (nSPS) is 18.3. The number of rotatable bonds is 3. The summed E-state index contributed by atoms with van der Waals surface area (Å²) in [6.07, 6.45) is 0. The number of ketones is 1. The summed E-state index contributed by atoms with van der Waals surface area (Å²) in [7, 11) is 2.04. The van der Waals surface area contributed by atoms with Crippen LogP contribution < -0.4 is 10.2 Å². The highest BCUT2D eigenvalue weighted by molar-refractivity contribution is 5.72. The van der Waals surface area contributed by atoms with Crippen molar-refractivity contribution in [2.24, 2.45) is 0 Å². The zero-order valence-corrected chi connectivity index (χ0v) is 14.5. The molecule has 0 aromatic heterocycles. The zero-order chi connectivity index (χ0) is 16.2. The van der Waals surface area contributed by atoms with Crippen LogP contribution in [0.15, 0.2) is 24.3 Å². The Hall–Kier alpha value is -1.35.